The average Bonchev–Trinajstić information content (AvgIpc) is 2.72. The molecule has 0 radical (unpaired) electrons. The number of likely N-dealkylation sites (tertiary alicyclic amines) is 1. The van der Waals surface area contributed by atoms with E-state index in [2.05, 4.69) is 6.58 Å². The summed E-state index contributed by atoms with van der Waals surface area (Å²) in [7, 11) is 0. The molecule has 0 aromatic heterocycles. The van der Waals surface area contributed by atoms with E-state index in [0.29, 0.717) is 12.8 Å². The van der Waals surface area contributed by atoms with E-state index in [4.69, 9.17) is 10.2 Å². The Labute approximate surface area is 101 Å². The fourth-order valence-corrected chi connectivity index (χ4v) is 1.23. The largest absolute Gasteiger partial charge is 0.478 e. The van der Waals surface area contributed by atoms with Gasteiger partial charge in [0.1, 0.15) is 0 Å². The minimum absolute atomic E-state index is 0.00458. The lowest BCUT2D eigenvalue weighted by molar-refractivity contribution is -0.132. The highest BCUT2D eigenvalue weighted by Gasteiger charge is 2.15. The summed E-state index contributed by atoms with van der Waals surface area (Å²) >= 11 is 0. The van der Waals surface area contributed by atoms with Crippen LogP contribution >= 0.6 is 0 Å². The first-order valence-electron chi connectivity index (χ1n) is 5.45. The number of aliphatic hydroxyl groups is 1. The van der Waals surface area contributed by atoms with Crippen LogP contribution in [-0.4, -0.2) is 40.1 Å². The molecule has 1 amide bonds. The quantitative estimate of drug-likeness (QED) is 0.724. The zero-order valence-corrected chi connectivity index (χ0v) is 10.1. The van der Waals surface area contributed by atoms with Crippen LogP contribution in [0.1, 0.15) is 26.2 Å². The van der Waals surface area contributed by atoms with E-state index < -0.39 is 5.97 Å². The number of carbonyl (C=O) groups excluding carboxylic acids is 1. The number of amides is 1. The van der Waals surface area contributed by atoms with Gasteiger partial charge in [-0.15, -0.1) is 0 Å². The third-order valence-electron chi connectivity index (χ3n) is 2.25. The van der Waals surface area contributed by atoms with Gasteiger partial charge in [0.05, 0.1) is 0 Å². The first-order chi connectivity index (χ1) is 8.02. The maximum absolute atomic E-state index is 10.7. The molecular weight excluding hydrogens is 222 g/mol. The number of carboxylic acid groups (broad SMARTS) is 1. The monoisotopic (exact) mass is 241 g/mol. The van der Waals surface area contributed by atoms with Crippen molar-refractivity contribution in [3.8, 4) is 0 Å². The normalized spacial score (nSPS) is 15.3. The summed E-state index contributed by atoms with van der Waals surface area (Å²) in [6.45, 7) is 5.86. The number of carbonyl (C=O) groups is 2. The van der Waals surface area contributed by atoms with Crippen LogP contribution in [0.3, 0.4) is 0 Å². The smallest absolute Gasteiger partial charge is 0.330 e. The fourth-order valence-electron chi connectivity index (χ4n) is 1.23. The van der Waals surface area contributed by atoms with Crippen molar-refractivity contribution in [1.29, 1.82) is 0 Å². The molecule has 1 aliphatic rings. The van der Waals surface area contributed by atoms with Gasteiger partial charge in [-0.2, -0.15) is 0 Å². The van der Waals surface area contributed by atoms with Crippen molar-refractivity contribution < 1.29 is 19.8 Å². The molecule has 0 saturated carbocycles. The lowest BCUT2D eigenvalue weighted by Gasteiger charge is -2.05. The average molecular weight is 241 g/mol. The molecule has 0 aromatic carbocycles. The molecule has 0 aromatic rings. The van der Waals surface area contributed by atoms with Crippen molar-refractivity contribution in [2.75, 3.05) is 13.2 Å². The van der Waals surface area contributed by atoms with E-state index in [1.165, 1.54) is 13.0 Å². The minimum atomic E-state index is -0.927. The second-order valence-electron chi connectivity index (χ2n) is 3.58. The van der Waals surface area contributed by atoms with Gasteiger partial charge in [-0.1, -0.05) is 12.7 Å². The van der Waals surface area contributed by atoms with E-state index in [1.54, 1.807) is 11.1 Å². The molecule has 5 nitrogen and oxygen atoms in total. The van der Waals surface area contributed by atoms with Crippen molar-refractivity contribution in [2.45, 2.75) is 26.2 Å². The summed E-state index contributed by atoms with van der Waals surface area (Å²) < 4.78 is 0. The number of aliphatic carboxylic acids is 1. The summed E-state index contributed by atoms with van der Waals surface area (Å²) in [5.41, 5.74) is 0.282. The van der Waals surface area contributed by atoms with Crippen molar-refractivity contribution in [1.82, 2.24) is 4.90 Å². The molecule has 96 valence electrons. The Morgan fingerprint density at radius 3 is 2.53 bits per heavy atom. The maximum Gasteiger partial charge on any atom is 0.330 e. The van der Waals surface area contributed by atoms with Gasteiger partial charge in [-0.25, -0.2) is 4.79 Å². The molecule has 1 heterocycles. The molecule has 1 saturated heterocycles. The van der Waals surface area contributed by atoms with E-state index in [-0.39, 0.29) is 18.1 Å². The number of carboxylic acids is 1. The topological polar surface area (TPSA) is 77.8 Å². The summed E-state index contributed by atoms with van der Waals surface area (Å²) in [6.07, 6.45) is 5.19. The Morgan fingerprint density at radius 2 is 2.24 bits per heavy atom. The van der Waals surface area contributed by atoms with Gasteiger partial charge in [-0.3, -0.25) is 4.79 Å². The SMILES string of the molecule is C/C(=C\CCO)C(=O)O.C=CN1CCCC1=O. The van der Waals surface area contributed by atoms with Crippen LogP contribution < -0.4 is 0 Å². The molecule has 2 N–H and O–H groups in total. The molecule has 0 aliphatic carbocycles. The van der Waals surface area contributed by atoms with Crippen molar-refractivity contribution in [2.24, 2.45) is 0 Å². The van der Waals surface area contributed by atoms with E-state index in [1.807, 2.05) is 0 Å². The third-order valence-corrected chi connectivity index (χ3v) is 2.25. The van der Waals surface area contributed by atoms with Gasteiger partial charge in [0.15, 0.2) is 0 Å². The third kappa shape index (κ3) is 6.52. The Morgan fingerprint density at radius 1 is 1.59 bits per heavy atom. The van der Waals surface area contributed by atoms with Gasteiger partial charge >= 0.3 is 5.97 Å². The van der Waals surface area contributed by atoms with E-state index >= 15 is 0 Å². The highest BCUT2D eigenvalue weighted by Crippen LogP contribution is 2.08. The number of nitrogens with zero attached hydrogens (tertiary/aromatic N) is 1. The van der Waals surface area contributed by atoms with Gasteiger partial charge in [0.2, 0.25) is 5.91 Å². The predicted octanol–water partition coefficient (Wildman–Crippen LogP) is 1.15. The first-order valence-corrected chi connectivity index (χ1v) is 5.45. The van der Waals surface area contributed by atoms with Gasteiger partial charge in [-0.05, 0) is 26.0 Å². The lowest BCUT2D eigenvalue weighted by Crippen LogP contribution is -2.16. The second-order valence-corrected chi connectivity index (χ2v) is 3.58. The van der Waals surface area contributed by atoms with Crippen LogP contribution in [0.4, 0.5) is 0 Å². The number of hydrogen-bond donors (Lipinski definition) is 2. The Balaban J connectivity index is 0.000000302. The zero-order chi connectivity index (χ0) is 13.3. The maximum atomic E-state index is 10.7. The first kappa shape index (κ1) is 15.4. The summed E-state index contributed by atoms with van der Waals surface area (Å²) in [5.74, 6) is -0.719. The number of aliphatic hydroxyl groups excluding tert-OH is 1. The van der Waals surface area contributed by atoms with Crippen LogP contribution in [0.15, 0.2) is 24.4 Å². The molecule has 0 atom stereocenters. The van der Waals surface area contributed by atoms with E-state index in [0.717, 1.165) is 13.0 Å². The van der Waals surface area contributed by atoms with Crippen LogP contribution in [0.5, 0.6) is 0 Å². The molecular formula is C12H19NO4. The number of hydrogen-bond acceptors (Lipinski definition) is 3. The van der Waals surface area contributed by atoms with Crippen molar-refractivity contribution in [3.63, 3.8) is 0 Å². The molecule has 17 heavy (non-hydrogen) atoms. The van der Waals surface area contributed by atoms with Crippen molar-refractivity contribution in [3.05, 3.63) is 24.4 Å². The summed E-state index contributed by atoms with van der Waals surface area (Å²) in [4.78, 5) is 22.4. The van der Waals surface area contributed by atoms with Gasteiger partial charge in [0, 0.05) is 25.1 Å². The van der Waals surface area contributed by atoms with Gasteiger partial charge < -0.3 is 15.1 Å². The zero-order valence-electron chi connectivity index (χ0n) is 10.1. The highest BCUT2D eigenvalue weighted by atomic mass is 16.4. The van der Waals surface area contributed by atoms with Gasteiger partial charge in [0.25, 0.3) is 0 Å². The Hall–Kier alpha value is -1.62. The van der Waals surface area contributed by atoms with Crippen molar-refractivity contribution >= 4 is 11.9 Å². The molecule has 1 fully saturated rings. The molecule has 0 unspecified atom stereocenters. The van der Waals surface area contributed by atoms with Crippen LogP contribution in [0, 0.1) is 0 Å². The minimum Gasteiger partial charge on any atom is -0.478 e. The fraction of sp³-hybridized carbons (Fsp3) is 0.500. The standard InChI is InChI=1S/C6H9NO.C6H10O3/c1-2-7-5-3-4-6(7)8;1-5(6(8)9)3-2-4-7/h2H,1,3-5H2;3,7H,2,4H2,1H3,(H,8,9)/b;5-3+. The Kier molecular flexibility index (Phi) is 7.71. The molecule has 1 rings (SSSR count). The molecule has 5 heteroatoms. The summed E-state index contributed by atoms with van der Waals surface area (Å²) in [6, 6.07) is 0. The van der Waals surface area contributed by atoms with E-state index in [9.17, 15) is 9.59 Å². The second kappa shape index (κ2) is 8.52. The lowest BCUT2D eigenvalue weighted by atomic mass is 10.2. The number of rotatable bonds is 4. The predicted molar refractivity (Wildman–Crippen MR) is 64.2 cm³/mol. The van der Waals surface area contributed by atoms with Crippen LogP contribution in [0.25, 0.3) is 0 Å². The highest BCUT2D eigenvalue weighted by molar-refractivity contribution is 5.85. The Bertz CT molecular complexity index is 310. The molecule has 0 spiro atoms. The van der Waals surface area contributed by atoms with Crippen LogP contribution in [-0.2, 0) is 9.59 Å². The summed E-state index contributed by atoms with van der Waals surface area (Å²) in [5, 5.41) is 16.5. The van der Waals surface area contributed by atoms with Crippen LogP contribution in [0.2, 0.25) is 0 Å². The molecule has 0 bridgehead atoms. The molecule has 1 aliphatic heterocycles.